The lowest BCUT2D eigenvalue weighted by atomic mass is 10.2. The third-order valence-electron chi connectivity index (χ3n) is 3.84. The molecule has 1 aromatic carbocycles. The third-order valence-corrected chi connectivity index (χ3v) is 5.59. The number of rotatable bonds is 7. The van der Waals surface area contributed by atoms with Crippen molar-refractivity contribution in [2.75, 3.05) is 43.7 Å². The first-order valence-corrected chi connectivity index (χ1v) is 9.77. The molecule has 0 radical (unpaired) electrons. The Bertz CT molecular complexity index is 662. The van der Waals surface area contributed by atoms with Crippen molar-refractivity contribution in [2.45, 2.75) is 19.4 Å². The van der Waals surface area contributed by atoms with Gasteiger partial charge >= 0.3 is 6.03 Å². The summed E-state index contributed by atoms with van der Waals surface area (Å²) in [6.45, 7) is 3.12. The summed E-state index contributed by atoms with van der Waals surface area (Å²) in [5.74, 6) is 0.791. The largest absolute Gasteiger partial charge is 0.494 e. The van der Waals surface area contributed by atoms with E-state index < -0.39 is 9.84 Å². The van der Waals surface area contributed by atoms with E-state index in [0.717, 1.165) is 0 Å². The van der Waals surface area contributed by atoms with Gasteiger partial charge in [0, 0.05) is 31.5 Å². The minimum Gasteiger partial charge on any atom is -0.494 e. The van der Waals surface area contributed by atoms with Crippen LogP contribution < -0.4 is 10.1 Å². The van der Waals surface area contributed by atoms with Gasteiger partial charge in [-0.2, -0.15) is 0 Å². The molecular formula is C16H24N2O5S. The second-order valence-electron chi connectivity index (χ2n) is 5.63. The summed E-state index contributed by atoms with van der Waals surface area (Å²) in [6, 6.07) is 6.45. The fourth-order valence-electron chi connectivity index (χ4n) is 2.69. The maximum absolute atomic E-state index is 12.6. The Labute approximate surface area is 142 Å². The molecule has 1 unspecified atom stereocenters. The Morgan fingerprint density at radius 2 is 2.21 bits per heavy atom. The highest BCUT2D eigenvalue weighted by Crippen LogP contribution is 2.21. The monoisotopic (exact) mass is 356 g/mol. The molecule has 2 amide bonds. The number of sulfone groups is 1. The summed E-state index contributed by atoms with van der Waals surface area (Å²) in [5, 5.41) is 2.81. The molecule has 0 aromatic heterocycles. The number of amides is 2. The molecule has 24 heavy (non-hydrogen) atoms. The van der Waals surface area contributed by atoms with E-state index >= 15 is 0 Å². The molecule has 1 aliphatic heterocycles. The van der Waals surface area contributed by atoms with Gasteiger partial charge in [-0.3, -0.25) is 0 Å². The van der Waals surface area contributed by atoms with Gasteiger partial charge in [-0.1, -0.05) is 6.07 Å². The maximum atomic E-state index is 12.6. The molecule has 1 saturated heterocycles. The van der Waals surface area contributed by atoms with Crippen molar-refractivity contribution in [1.82, 2.24) is 4.90 Å². The minimum atomic E-state index is -3.07. The van der Waals surface area contributed by atoms with Gasteiger partial charge < -0.3 is 19.7 Å². The van der Waals surface area contributed by atoms with Crippen LogP contribution in [0.2, 0.25) is 0 Å². The van der Waals surface area contributed by atoms with Crippen LogP contribution in [0.5, 0.6) is 5.75 Å². The van der Waals surface area contributed by atoms with Crippen LogP contribution in [0.3, 0.4) is 0 Å². The fraction of sp³-hybridized carbons (Fsp3) is 0.562. The molecule has 7 nitrogen and oxygen atoms in total. The number of urea groups is 1. The topological polar surface area (TPSA) is 84.9 Å². The second-order valence-corrected chi connectivity index (χ2v) is 7.86. The van der Waals surface area contributed by atoms with Crippen molar-refractivity contribution < 1.29 is 22.7 Å². The van der Waals surface area contributed by atoms with E-state index in [0.29, 0.717) is 37.6 Å². The SMILES string of the molecule is CCOc1cccc(NC(=O)N(CCOC)C2CCS(=O)(=O)C2)c1. The fourth-order valence-corrected chi connectivity index (χ4v) is 4.42. The molecule has 1 aromatic rings. The van der Waals surface area contributed by atoms with E-state index in [4.69, 9.17) is 9.47 Å². The van der Waals surface area contributed by atoms with Crippen LogP contribution in [0.15, 0.2) is 24.3 Å². The van der Waals surface area contributed by atoms with Crippen molar-refractivity contribution in [2.24, 2.45) is 0 Å². The summed E-state index contributed by atoms with van der Waals surface area (Å²) >= 11 is 0. The number of nitrogens with zero attached hydrogens (tertiary/aromatic N) is 1. The van der Waals surface area contributed by atoms with Crippen LogP contribution in [-0.2, 0) is 14.6 Å². The number of methoxy groups -OCH3 is 1. The van der Waals surface area contributed by atoms with Gasteiger partial charge in [0.2, 0.25) is 0 Å². The molecule has 134 valence electrons. The van der Waals surface area contributed by atoms with Gasteiger partial charge in [0.1, 0.15) is 5.75 Å². The van der Waals surface area contributed by atoms with Crippen molar-refractivity contribution in [3.8, 4) is 5.75 Å². The Balaban J connectivity index is 2.08. The summed E-state index contributed by atoms with van der Waals surface area (Å²) in [7, 11) is -1.52. The predicted molar refractivity (Wildman–Crippen MR) is 92.3 cm³/mol. The Hall–Kier alpha value is -1.80. The molecule has 1 N–H and O–H groups in total. The summed E-state index contributed by atoms with van der Waals surface area (Å²) < 4.78 is 33.9. The first kappa shape index (κ1) is 18.5. The zero-order valence-electron chi connectivity index (χ0n) is 14.0. The van der Waals surface area contributed by atoms with Crippen molar-refractivity contribution in [1.29, 1.82) is 0 Å². The molecule has 0 spiro atoms. The molecule has 0 bridgehead atoms. The average molecular weight is 356 g/mol. The lowest BCUT2D eigenvalue weighted by molar-refractivity contribution is 0.140. The summed E-state index contributed by atoms with van der Waals surface area (Å²) in [4.78, 5) is 14.2. The molecule has 2 rings (SSSR count). The zero-order chi connectivity index (χ0) is 17.6. The van der Waals surface area contributed by atoms with Gasteiger partial charge in [0.15, 0.2) is 9.84 Å². The quantitative estimate of drug-likeness (QED) is 0.804. The van der Waals surface area contributed by atoms with E-state index in [-0.39, 0.29) is 23.6 Å². The van der Waals surface area contributed by atoms with Crippen molar-refractivity contribution >= 4 is 21.6 Å². The smallest absolute Gasteiger partial charge is 0.322 e. The molecule has 1 aliphatic rings. The molecule has 0 aliphatic carbocycles. The van der Waals surface area contributed by atoms with Gasteiger partial charge in [0.05, 0.1) is 24.7 Å². The molecule has 1 heterocycles. The average Bonchev–Trinajstić information content (AvgIpc) is 2.88. The highest BCUT2D eigenvalue weighted by Gasteiger charge is 2.34. The maximum Gasteiger partial charge on any atom is 0.322 e. The summed E-state index contributed by atoms with van der Waals surface area (Å²) in [5.41, 5.74) is 0.606. The second kappa shape index (κ2) is 8.34. The molecular weight excluding hydrogens is 332 g/mol. The highest BCUT2D eigenvalue weighted by atomic mass is 32.2. The summed E-state index contributed by atoms with van der Waals surface area (Å²) in [6.07, 6.45) is 0.457. The minimum absolute atomic E-state index is 0.00310. The van der Waals surface area contributed by atoms with Gasteiger partial charge in [0.25, 0.3) is 0 Å². The number of carbonyl (C=O) groups excluding carboxylic acids is 1. The number of hydrogen-bond acceptors (Lipinski definition) is 5. The predicted octanol–water partition coefficient (Wildman–Crippen LogP) is 1.75. The number of anilines is 1. The van der Waals surface area contributed by atoms with E-state index in [9.17, 15) is 13.2 Å². The number of benzene rings is 1. The van der Waals surface area contributed by atoms with E-state index in [1.165, 1.54) is 0 Å². The van der Waals surface area contributed by atoms with Crippen LogP contribution in [0.4, 0.5) is 10.5 Å². The molecule has 0 saturated carbocycles. The van der Waals surface area contributed by atoms with Crippen LogP contribution >= 0.6 is 0 Å². The van der Waals surface area contributed by atoms with Crippen molar-refractivity contribution in [3.05, 3.63) is 24.3 Å². The standard InChI is InChI=1S/C16H24N2O5S/c1-3-23-15-6-4-5-13(11-15)17-16(19)18(8-9-22-2)14-7-10-24(20,21)12-14/h4-6,11,14H,3,7-10,12H2,1-2H3,(H,17,19). The van der Waals surface area contributed by atoms with E-state index in [1.807, 2.05) is 13.0 Å². The number of ether oxygens (including phenoxy) is 2. The van der Waals surface area contributed by atoms with Crippen LogP contribution in [0, 0.1) is 0 Å². The van der Waals surface area contributed by atoms with Crippen LogP contribution in [-0.4, -0.2) is 63.8 Å². The lowest BCUT2D eigenvalue weighted by Crippen LogP contribution is -2.45. The number of carbonyl (C=O) groups is 1. The van der Waals surface area contributed by atoms with E-state index in [2.05, 4.69) is 5.32 Å². The Kier molecular flexibility index (Phi) is 6.44. The van der Waals surface area contributed by atoms with Crippen LogP contribution in [0.1, 0.15) is 13.3 Å². The normalized spacial score (nSPS) is 19.0. The van der Waals surface area contributed by atoms with E-state index in [1.54, 1.807) is 30.2 Å². The molecule has 1 atom stereocenters. The van der Waals surface area contributed by atoms with Crippen LogP contribution in [0.25, 0.3) is 0 Å². The Morgan fingerprint density at radius 3 is 2.83 bits per heavy atom. The van der Waals surface area contributed by atoms with Gasteiger partial charge in [-0.15, -0.1) is 0 Å². The van der Waals surface area contributed by atoms with Crippen molar-refractivity contribution in [3.63, 3.8) is 0 Å². The highest BCUT2D eigenvalue weighted by molar-refractivity contribution is 7.91. The number of hydrogen-bond donors (Lipinski definition) is 1. The number of nitrogens with one attached hydrogen (secondary N) is 1. The first-order valence-electron chi connectivity index (χ1n) is 7.95. The van der Waals surface area contributed by atoms with Gasteiger partial charge in [-0.05, 0) is 25.5 Å². The zero-order valence-corrected chi connectivity index (χ0v) is 14.8. The lowest BCUT2D eigenvalue weighted by Gasteiger charge is -2.28. The van der Waals surface area contributed by atoms with Gasteiger partial charge in [-0.25, -0.2) is 13.2 Å². The third kappa shape index (κ3) is 5.10. The molecule has 1 fully saturated rings. The first-order chi connectivity index (χ1) is 11.4. The Morgan fingerprint density at radius 1 is 1.42 bits per heavy atom. The molecule has 8 heteroatoms.